The van der Waals surface area contributed by atoms with Crippen LogP contribution in [0.4, 0.5) is 0 Å². The molecule has 0 bridgehead atoms. The molecular weight excluding hydrogens is 250 g/mol. The second-order valence-corrected chi connectivity index (χ2v) is 5.06. The van der Waals surface area contributed by atoms with E-state index in [4.69, 9.17) is 5.73 Å². The van der Waals surface area contributed by atoms with E-state index in [0.717, 1.165) is 30.6 Å². The molecule has 2 aromatic heterocycles. The monoisotopic (exact) mass is 269 g/mol. The Morgan fingerprint density at radius 2 is 2.15 bits per heavy atom. The Balaban J connectivity index is 1.79. The summed E-state index contributed by atoms with van der Waals surface area (Å²) in [6.45, 7) is 2.12. The van der Waals surface area contributed by atoms with Gasteiger partial charge in [-0.25, -0.2) is 4.98 Å². The van der Waals surface area contributed by atoms with Crippen LogP contribution in [-0.2, 0) is 12.8 Å². The average Bonchev–Trinajstić information content (AvgIpc) is 3.07. The smallest absolute Gasteiger partial charge is 0.167 e. The van der Waals surface area contributed by atoms with Crippen LogP contribution in [0.3, 0.4) is 0 Å². The van der Waals surface area contributed by atoms with Gasteiger partial charge in [0.05, 0.1) is 6.04 Å². The molecule has 1 aromatic carbocycles. The number of nitrogens with zero attached hydrogens (tertiary/aromatic N) is 2. The molecule has 104 valence electrons. The Morgan fingerprint density at radius 3 is 3.00 bits per heavy atom. The van der Waals surface area contributed by atoms with Crippen molar-refractivity contribution >= 4 is 10.9 Å². The molecule has 20 heavy (non-hydrogen) atoms. The number of hydrogen-bond acceptors (Lipinski definition) is 3. The minimum Gasteiger partial charge on any atom is -0.361 e. The van der Waals surface area contributed by atoms with Gasteiger partial charge < -0.3 is 10.7 Å². The van der Waals surface area contributed by atoms with E-state index in [-0.39, 0.29) is 6.04 Å². The zero-order chi connectivity index (χ0) is 13.9. The average molecular weight is 269 g/mol. The lowest BCUT2D eigenvalue weighted by Gasteiger charge is -2.06. The standard InChI is InChI=1S/C15H19N5/c1-2-5-14-18-15(20-19-14)12(16)8-10-9-17-13-7-4-3-6-11(10)13/h3-4,6-7,9,12,17H,2,5,8,16H2,1H3,(H,18,19,20)/t12-/m0/s1. The van der Waals surface area contributed by atoms with Gasteiger partial charge in [0, 0.05) is 23.5 Å². The lowest BCUT2D eigenvalue weighted by atomic mass is 10.1. The van der Waals surface area contributed by atoms with Crippen LogP contribution in [0.5, 0.6) is 0 Å². The fraction of sp³-hybridized carbons (Fsp3) is 0.333. The third-order valence-corrected chi connectivity index (χ3v) is 3.48. The van der Waals surface area contributed by atoms with E-state index in [1.54, 1.807) is 0 Å². The van der Waals surface area contributed by atoms with Crippen LogP contribution in [0.2, 0.25) is 0 Å². The zero-order valence-corrected chi connectivity index (χ0v) is 11.6. The summed E-state index contributed by atoms with van der Waals surface area (Å²) < 4.78 is 0. The molecule has 2 heterocycles. The molecule has 5 nitrogen and oxygen atoms in total. The maximum atomic E-state index is 6.23. The van der Waals surface area contributed by atoms with Crippen molar-refractivity contribution in [2.24, 2.45) is 5.73 Å². The van der Waals surface area contributed by atoms with Crippen molar-refractivity contribution in [3.05, 3.63) is 47.7 Å². The summed E-state index contributed by atoms with van der Waals surface area (Å²) in [6, 6.07) is 8.05. The highest BCUT2D eigenvalue weighted by molar-refractivity contribution is 5.83. The highest BCUT2D eigenvalue weighted by Crippen LogP contribution is 2.21. The maximum Gasteiger partial charge on any atom is 0.167 e. The van der Waals surface area contributed by atoms with Crippen LogP contribution < -0.4 is 5.73 Å². The van der Waals surface area contributed by atoms with Crippen LogP contribution in [0.1, 0.15) is 36.6 Å². The number of H-pyrrole nitrogens is 2. The van der Waals surface area contributed by atoms with Gasteiger partial charge in [-0.3, -0.25) is 5.10 Å². The largest absolute Gasteiger partial charge is 0.361 e. The summed E-state index contributed by atoms with van der Waals surface area (Å²) in [5.41, 5.74) is 8.57. The fourth-order valence-electron chi connectivity index (χ4n) is 2.45. The SMILES string of the molecule is CCCc1nc([C@@H](N)Cc2c[nH]c3ccccc23)n[nH]1. The number of fused-ring (bicyclic) bond motifs is 1. The van der Waals surface area contributed by atoms with Gasteiger partial charge in [-0.05, 0) is 24.5 Å². The summed E-state index contributed by atoms with van der Waals surface area (Å²) in [7, 11) is 0. The first-order valence-electron chi connectivity index (χ1n) is 6.99. The lowest BCUT2D eigenvalue weighted by Crippen LogP contribution is -2.15. The van der Waals surface area contributed by atoms with Crippen LogP contribution >= 0.6 is 0 Å². The van der Waals surface area contributed by atoms with E-state index in [2.05, 4.69) is 39.2 Å². The number of nitrogens with two attached hydrogens (primary N) is 1. The Bertz CT molecular complexity index is 697. The first-order chi connectivity index (χ1) is 9.78. The normalized spacial score (nSPS) is 12.9. The molecule has 4 N–H and O–H groups in total. The molecule has 1 atom stereocenters. The molecule has 0 spiro atoms. The van der Waals surface area contributed by atoms with Crippen LogP contribution in [0, 0.1) is 0 Å². The molecule has 0 radical (unpaired) electrons. The summed E-state index contributed by atoms with van der Waals surface area (Å²) in [5.74, 6) is 1.61. The lowest BCUT2D eigenvalue weighted by molar-refractivity contribution is 0.672. The molecule has 3 aromatic rings. The highest BCUT2D eigenvalue weighted by atomic mass is 15.2. The highest BCUT2D eigenvalue weighted by Gasteiger charge is 2.14. The Kier molecular flexibility index (Phi) is 3.52. The van der Waals surface area contributed by atoms with Crippen molar-refractivity contribution < 1.29 is 0 Å². The number of aromatic amines is 2. The van der Waals surface area contributed by atoms with Gasteiger partial charge in [-0.15, -0.1) is 0 Å². The first-order valence-corrected chi connectivity index (χ1v) is 6.99. The van der Waals surface area contributed by atoms with Gasteiger partial charge >= 0.3 is 0 Å². The molecule has 0 aliphatic heterocycles. The molecule has 0 unspecified atom stereocenters. The van der Waals surface area contributed by atoms with E-state index >= 15 is 0 Å². The van der Waals surface area contributed by atoms with Gasteiger partial charge in [0.1, 0.15) is 5.82 Å². The number of hydrogen-bond donors (Lipinski definition) is 3. The molecule has 3 rings (SSSR count). The van der Waals surface area contributed by atoms with E-state index in [0.29, 0.717) is 5.82 Å². The van der Waals surface area contributed by atoms with Gasteiger partial charge in [0.25, 0.3) is 0 Å². The van der Waals surface area contributed by atoms with Crippen LogP contribution in [0.25, 0.3) is 10.9 Å². The molecule has 0 aliphatic rings. The zero-order valence-electron chi connectivity index (χ0n) is 11.6. The molecule has 0 saturated carbocycles. The minimum atomic E-state index is -0.184. The van der Waals surface area contributed by atoms with E-state index in [1.165, 1.54) is 10.9 Å². The number of para-hydroxylation sites is 1. The third kappa shape index (κ3) is 2.44. The first kappa shape index (κ1) is 12.9. The molecule has 0 aliphatic carbocycles. The molecule has 0 saturated heterocycles. The molecular formula is C15H19N5. The third-order valence-electron chi connectivity index (χ3n) is 3.48. The second kappa shape index (κ2) is 5.46. The quantitative estimate of drug-likeness (QED) is 0.665. The number of rotatable bonds is 5. The molecule has 0 amide bonds. The molecule has 0 fully saturated rings. The van der Waals surface area contributed by atoms with Crippen molar-refractivity contribution in [2.75, 3.05) is 0 Å². The number of aryl methyl sites for hydroxylation is 1. The maximum absolute atomic E-state index is 6.23. The van der Waals surface area contributed by atoms with Gasteiger partial charge in [0.2, 0.25) is 0 Å². The van der Waals surface area contributed by atoms with E-state index in [9.17, 15) is 0 Å². The summed E-state index contributed by atoms with van der Waals surface area (Å²) in [5, 5.41) is 8.39. The van der Waals surface area contributed by atoms with Crippen molar-refractivity contribution in [3.8, 4) is 0 Å². The van der Waals surface area contributed by atoms with Crippen LogP contribution in [-0.4, -0.2) is 20.2 Å². The van der Waals surface area contributed by atoms with Crippen molar-refractivity contribution in [1.82, 2.24) is 20.2 Å². The summed E-state index contributed by atoms with van der Waals surface area (Å²) >= 11 is 0. The van der Waals surface area contributed by atoms with Gasteiger partial charge in [-0.2, -0.15) is 5.10 Å². The molecule has 5 heteroatoms. The predicted molar refractivity (Wildman–Crippen MR) is 79.3 cm³/mol. The second-order valence-electron chi connectivity index (χ2n) is 5.06. The number of benzene rings is 1. The van der Waals surface area contributed by atoms with Crippen LogP contribution in [0.15, 0.2) is 30.5 Å². The van der Waals surface area contributed by atoms with Gasteiger partial charge in [-0.1, -0.05) is 25.1 Å². The summed E-state index contributed by atoms with van der Waals surface area (Å²) in [4.78, 5) is 7.72. The Hall–Kier alpha value is -2.14. The van der Waals surface area contributed by atoms with Crippen molar-refractivity contribution in [2.45, 2.75) is 32.2 Å². The van der Waals surface area contributed by atoms with Crippen molar-refractivity contribution in [3.63, 3.8) is 0 Å². The van der Waals surface area contributed by atoms with Crippen molar-refractivity contribution in [1.29, 1.82) is 0 Å². The predicted octanol–water partition coefficient (Wildman–Crippen LogP) is 2.48. The topological polar surface area (TPSA) is 83.4 Å². The summed E-state index contributed by atoms with van der Waals surface area (Å²) in [6.07, 6.45) is 4.71. The van der Waals surface area contributed by atoms with E-state index < -0.39 is 0 Å². The Labute approximate surface area is 117 Å². The number of aromatic nitrogens is 4. The minimum absolute atomic E-state index is 0.184. The van der Waals surface area contributed by atoms with E-state index in [1.807, 2.05) is 18.3 Å². The fourth-order valence-corrected chi connectivity index (χ4v) is 2.45. The number of nitrogens with one attached hydrogen (secondary N) is 2. The Morgan fingerprint density at radius 1 is 1.30 bits per heavy atom. The van der Waals surface area contributed by atoms with Gasteiger partial charge in [0.15, 0.2) is 5.82 Å².